The largest absolute Gasteiger partial charge is 0.494 e. The molecule has 0 saturated heterocycles. The molecule has 0 atom stereocenters. The Labute approximate surface area is 90.2 Å². The Morgan fingerprint density at radius 1 is 1.27 bits per heavy atom. The molecule has 1 aromatic carbocycles. The highest BCUT2D eigenvalue weighted by Crippen LogP contribution is 2.08. The monoisotopic (exact) mass is 206 g/mol. The Bertz CT molecular complexity index is 295. The summed E-state index contributed by atoms with van der Waals surface area (Å²) < 4.78 is 5.43. The van der Waals surface area contributed by atoms with E-state index in [-0.39, 0.29) is 0 Å². The molecule has 0 amide bonds. The van der Waals surface area contributed by atoms with Crippen molar-refractivity contribution in [1.82, 2.24) is 0 Å². The van der Waals surface area contributed by atoms with E-state index in [9.17, 15) is 0 Å². The minimum Gasteiger partial charge on any atom is -0.494 e. The lowest BCUT2D eigenvalue weighted by Gasteiger charge is -2.05. The number of rotatable bonds is 6. The maximum absolute atomic E-state index is 8.86. The summed E-state index contributed by atoms with van der Waals surface area (Å²) in [6, 6.07) is 6.71. The van der Waals surface area contributed by atoms with Gasteiger partial charge in [0.05, 0.1) is 6.61 Å². The van der Waals surface area contributed by atoms with Crippen LogP contribution in [0.1, 0.15) is 12.8 Å². The maximum Gasteiger partial charge on any atom is 0.488 e. The zero-order chi connectivity index (χ0) is 11.1. The molecule has 1 rings (SSSR count). The number of hydrogen-bond donors (Lipinski definition) is 2. The summed E-state index contributed by atoms with van der Waals surface area (Å²) in [5.41, 5.74) is 0.466. The average Bonchev–Trinajstić information content (AvgIpc) is 2.25. The average molecular weight is 206 g/mol. The van der Waals surface area contributed by atoms with E-state index in [2.05, 4.69) is 6.58 Å². The van der Waals surface area contributed by atoms with Gasteiger partial charge in [-0.2, -0.15) is 0 Å². The van der Waals surface area contributed by atoms with Crippen LogP contribution in [0.4, 0.5) is 0 Å². The summed E-state index contributed by atoms with van der Waals surface area (Å²) in [6.07, 6.45) is 3.73. The molecule has 0 bridgehead atoms. The Morgan fingerprint density at radius 2 is 1.93 bits per heavy atom. The van der Waals surface area contributed by atoms with Crippen molar-refractivity contribution in [2.24, 2.45) is 0 Å². The number of allylic oxidation sites excluding steroid dienone is 1. The fourth-order valence-electron chi connectivity index (χ4n) is 1.15. The molecular weight excluding hydrogens is 191 g/mol. The van der Waals surface area contributed by atoms with E-state index in [0.717, 1.165) is 18.6 Å². The molecule has 0 unspecified atom stereocenters. The van der Waals surface area contributed by atoms with Crippen molar-refractivity contribution in [2.45, 2.75) is 12.8 Å². The second kappa shape index (κ2) is 6.27. The first-order valence-corrected chi connectivity index (χ1v) is 4.94. The van der Waals surface area contributed by atoms with Gasteiger partial charge >= 0.3 is 7.12 Å². The predicted octanol–water partition coefficient (Wildman–Crippen LogP) is 0.711. The van der Waals surface area contributed by atoms with Gasteiger partial charge in [0.2, 0.25) is 0 Å². The van der Waals surface area contributed by atoms with E-state index >= 15 is 0 Å². The van der Waals surface area contributed by atoms with Crippen molar-refractivity contribution in [2.75, 3.05) is 6.61 Å². The van der Waals surface area contributed by atoms with Crippen molar-refractivity contribution in [1.29, 1.82) is 0 Å². The molecule has 0 fully saturated rings. The SMILES string of the molecule is C=CCCCOc1ccc(B(O)O)cc1. The minimum absolute atomic E-state index is 0.466. The highest BCUT2D eigenvalue weighted by molar-refractivity contribution is 6.58. The molecule has 80 valence electrons. The number of benzene rings is 1. The molecule has 4 heteroatoms. The molecule has 15 heavy (non-hydrogen) atoms. The van der Waals surface area contributed by atoms with Gasteiger partial charge in [0.25, 0.3) is 0 Å². The first kappa shape index (κ1) is 11.8. The topological polar surface area (TPSA) is 49.7 Å². The third-order valence-electron chi connectivity index (χ3n) is 2.00. The van der Waals surface area contributed by atoms with E-state index in [1.54, 1.807) is 24.3 Å². The predicted molar refractivity (Wildman–Crippen MR) is 61.2 cm³/mol. The molecule has 0 spiro atoms. The first-order chi connectivity index (χ1) is 7.24. The molecule has 0 heterocycles. The van der Waals surface area contributed by atoms with E-state index in [4.69, 9.17) is 14.8 Å². The molecule has 0 aliphatic rings. The molecule has 3 nitrogen and oxygen atoms in total. The van der Waals surface area contributed by atoms with Crippen LogP contribution < -0.4 is 10.2 Å². The van der Waals surface area contributed by atoms with Crippen LogP contribution in [0.3, 0.4) is 0 Å². The highest BCUT2D eigenvalue weighted by Gasteiger charge is 2.09. The second-order valence-corrected chi connectivity index (χ2v) is 3.22. The van der Waals surface area contributed by atoms with Gasteiger partial charge in [0, 0.05) is 0 Å². The fourth-order valence-corrected chi connectivity index (χ4v) is 1.15. The maximum atomic E-state index is 8.86. The lowest BCUT2D eigenvalue weighted by atomic mass is 9.80. The Morgan fingerprint density at radius 3 is 2.47 bits per heavy atom. The molecule has 0 aliphatic carbocycles. The van der Waals surface area contributed by atoms with Gasteiger partial charge in [-0.25, -0.2) is 0 Å². The molecular formula is C11H15BO3. The van der Waals surface area contributed by atoms with Gasteiger partial charge in [-0.1, -0.05) is 18.2 Å². The molecule has 2 N–H and O–H groups in total. The number of hydrogen-bond acceptors (Lipinski definition) is 3. The van der Waals surface area contributed by atoms with Crippen molar-refractivity contribution in [3.63, 3.8) is 0 Å². The van der Waals surface area contributed by atoms with Gasteiger partial charge in [-0.05, 0) is 30.4 Å². The molecule has 1 aromatic rings. The third kappa shape index (κ3) is 4.19. The van der Waals surface area contributed by atoms with Crippen LogP contribution in [-0.2, 0) is 0 Å². The van der Waals surface area contributed by atoms with Crippen LogP contribution in [0, 0.1) is 0 Å². The summed E-state index contributed by atoms with van der Waals surface area (Å²) >= 11 is 0. The normalized spacial score (nSPS) is 9.73. The first-order valence-electron chi connectivity index (χ1n) is 4.94. The fraction of sp³-hybridized carbons (Fsp3) is 0.273. The van der Waals surface area contributed by atoms with E-state index in [1.165, 1.54) is 0 Å². The molecule has 0 saturated carbocycles. The van der Waals surface area contributed by atoms with Crippen molar-refractivity contribution in [3.05, 3.63) is 36.9 Å². The smallest absolute Gasteiger partial charge is 0.488 e. The van der Waals surface area contributed by atoms with E-state index in [0.29, 0.717) is 12.1 Å². The van der Waals surface area contributed by atoms with Crippen LogP contribution in [0.25, 0.3) is 0 Å². The minimum atomic E-state index is -1.42. The van der Waals surface area contributed by atoms with E-state index < -0.39 is 7.12 Å². The van der Waals surface area contributed by atoms with E-state index in [1.807, 2.05) is 6.08 Å². The molecule has 0 aromatic heterocycles. The second-order valence-electron chi connectivity index (χ2n) is 3.22. The van der Waals surface area contributed by atoms with Crippen LogP contribution >= 0.6 is 0 Å². The highest BCUT2D eigenvalue weighted by atomic mass is 16.5. The van der Waals surface area contributed by atoms with Crippen LogP contribution in [0.15, 0.2) is 36.9 Å². The lowest BCUT2D eigenvalue weighted by Crippen LogP contribution is -2.29. The standard InChI is InChI=1S/C11H15BO3/c1-2-3-4-9-15-11-7-5-10(6-8-11)12(13)14/h2,5-8,13-14H,1,3-4,9H2. The number of ether oxygens (including phenoxy) is 1. The summed E-state index contributed by atoms with van der Waals surface area (Å²) in [5, 5.41) is 17.7. The lowest BCUT2D eigenvalue weighted by molar-refractivity contribution is 0.312. The Kier molecular flexibility index (Phi) is 4.94. The quantitative estimate of drug-likeness (QED) is 0.409. The van der Waals surface area contributed by atoms with Crippen molar-refractivity contribution < 1.29 is 14.8 Å². The van der Waals surface area contributed by atoms with Gasteiger partial charge in [0.15, 0.2) is 0 Å². The zero-order valence-electron chi connectivity index (χ0n) is 8.60. The Balaban J connectivity index is 2.39. The van der Waals surface area contributed by atoms with Gasteiger partial charge in [-0.15, -0.1) is 6.58 Å². The van der Waals surface area contributed by atoms with Gasteiger partial charge < -0.3 is 14.8 Å². The molecule has 0 aliphatic heterocycles. The summed E-state index contributed by atoms with van der Waals surface area (Å²) in [6.45, 7) is 4.27. The Hall–Kier alpha value is -1.26. The third-order valence-corrected chi connectivity index (χ3v) is 2.00. The van der Waals surface area contributed by atoms with Gasteiger partial charge in [0.1, 0.15) is 5.75 Å². The summed E-state index contributed by atoms with van der Waals surface area (Å²) in [7, 11) is -1.42. The van der Waals surface area contributed by atoms with Gasteiger partial charge in [-0.3, -0.25) is 0 Å². The molecule has 0 radical (unpaired) electrons. The van der Waals surface area contributed by atoms with Crippen LogP contribution in [0.5, 0.6) is 5.75 Å². The van der Waals surface area contributed by atoms with Crippen LogP contribution in [0.2, 0.25) is 0 Å². The van der Waals surface area contributed by atoms with Crippen molar-refractivity contribution in [3.8, 4) is 5.75 Å². The van der Waals surface area contributed by atoms with Crippen molar-refractivity contribution >= 4 is 12.6 Å². The van der Waals surface area contributed by atoms with Crippen LogP contribution in [-0.4, -0.2) is 23.8 Å². The summed E-state index contributed by atoms with van der Waals surface area (Å²) in [4.78, 5) is 0. The summed E-state index contributed by atoms with van der Waals surface area (Å²) in [5.74, 6) is 0.739. The number of unbranched alkanes of at least 4 members (excludes halogenated alkanes) is 1. The zero-order valence-corrected chi connectivity index (χ0v) is 8.60.